The molecule has 164 valence electrons. The molecule has 0 atom stereocenters. The van der Waals surface area contributed by atoms with E-state index in [0.717, 1.165) is 5.56 Å². The van der Waals surface area contributed by atoms with Crippen LogP contribution >= 0.6 is 0 Å². The number of ether oxygens (including phenoxy) is 2. The van der Waals surface area contributed by atoms with E-state index in [9.17, 15) is 18.3 Å². The number of methoxy groups -OCH3 is 2. The summed E-state index contributed by atoms with van der Waals surface area (Å²) in [5, 5.41) is 12.5. The lowest BCUT2D eigenvalue weighted by molar-refractivity contribution is 0.0697. The number of aromatic carboxylic acids is 1. The van der Waals surface area contributed by atoms with E-state index in [1.165, 1.54) is 25.3 Å². The summed E-state index contributed by atoms with van der Waals surface area (Å²) in [5.74, 6) is 0.277. The Bertz CT molecular complexity index is 989. The summed E-state index contributed by atoms with van der Waals surface area (Å²) < 4.78 is 38.2. The van der Waals surface area contributed by atoms with Crippen molar-refractivity contribution in [2.75, 3.05) is 32.6 Å². The Morgan fingerprint density at radius 3 is 2.37 bits per heavy atom. The zero-order chi connectivity index (χ0) is 22.3. The molecule has 0 aliphatic heterocycles. The predicted molar refractivity (Wildman–Crippen MR) is 115 cm³/mol. The first-order chi connectivity index (χ1) is 14.2. The molecule has 2 aromatic carbocycles. The molecule has 0 bridgehead atoms. The second-order valence-electron chi connectivity index (χ2n) is 7.12. The van der Waals surface area contributed by atoms with Crippen molar-refractivity contribution in [2.24, 2.45) is 5.92 Å². The number of hydrogen-bond donors (Lipinski definition) is 3. The van der Waals surface area contributed by atoms with Gasteiger partial charge in [0.25, 0.3) is 0 Å². The van der Waals surface area contributed by atoms with Crippen LogP contribution in [-0.2, 0) is 16.4 Å². The molecule has 0 unspecified atom stereocenters. The molecular formula is C21H28N2O6S. The summed E-state index contributed by atoms with van der Waals surface area (Å²) in [7, 11) is -0.786. The van der Waals surface area contributed by atoms with Crippen molar-refractivity contribution in [3.63, 3.8) is 0 Å². The van der Waals surface area contributed by atoms with Crippen LogP contribution < -0.4 is 19.5 Å². The Labute approximate surface area is 177 Å². The second kappa shape index (κ2) is 10.3. The van der Waals surface area contributed by atoms with Crippen LogP contribution in [0.25, 0.3) is 0 Å². The Morgan fingerprint density at radius 1 is 1.07 bits per heavy atom. The predicted octanol–water partition coefficient (Wildman–Crippen LogP) is 2.99. The Balaban J connectivity index is 2.11. The number of carbonyl (C=O) groups is 1. The number of anilines is 1. The Kier molecular flexibility index (Phi) is 8.08. The summed E-state index contributed by atoms with van der Waals surface area (Å²) in [5.41, 5.74) is 1.17. The summed E-state index contributed by atoms with van der Waals surface area (Å²) in [4.78, 5) is 11.5. The minimum Gasteiger partial charge on any atom is -0.493 e. The van der Waals surface area contributed by atoms with Gasteiger partial charge in [-0.3, -0.25) is 0 Å². The van der Waals surface area contributed by atoms with Gasteiger partial charge in [0.05, 0.1) is 24.7 Å². The molecule has 0 saturated carbocycles. The lowest BCUT2D eigenvalue weighted by Gasteiger charge is -2.14. The number of benzene rings is 2. The minimum atomic E-state index is -3.86. The highest BCUT2D eigenvalue weighted by Crippen LogP contribution is 2.27. The fraction of sp³-hybridized carbons (Fsp3) is 0.381. The zero-order valence-corrected chi connectivity index (χ0v) is 18.4. The van der Waals surface area contributed by atoms with Crippen LogP contribution in [0.5, 0.6) is 11.5 Å². The SMILES string of the molecule is COc1ccc(CCNS(=O)(=O)c2ccc(NCC(C)C)c(C(=O)O)c2)cc1OC. The van der Waals surface area contributed by atoms with Crippen molar-refractivity contribution in [2.45, 2.75) is 25.2 Å². The highest BCUT2D eigenvalue weighted by molar-refractivity contribution is 7.89. The highest BCUT2D eigenvalue weighted by Gasteiger charge is 2.19. The van der Waals surface area contributed by atoms with E-state index in [0.29, 0.717) is 36.1 Å². The monoisotopic (exact) mass is 436 g/mol. The van der Waals surface area contributed by atoms with Gasteiger partial charge in [0.15, 0.2) is 11.5 Å². The largest absolute Gasteiger partial charge is 0.493 e. The summed E-state index contributed by atoms with van der Waals surface area (Å²) >= 11 is 0. The van der Waals surface area contributed by atoms with Gasteiger partial charge in [-0.1, -0.05) is 19.9 Å². The van der Waals surface area contributed by atoms with Crippen LogP contribution in [0.2, 0.25) is 0 Å². The van der Waals surface area contributed by atoms with E-state index in [-0.39, 0.29) is 17.0 Å². The molecule has 0 spiro atoms. The fourth-order valence-electron chi connectivity index (χ4n) is 2.78. The smallest absolute Gasteiger partial charge is 0.337 e. The molecule has 0 radical (unpaired) electrons. The number of carboxylic acids is 1. The van der Waals surface area contributed by atoms with Crippen LogP contribution in [0.1, 0.15) is 29.8 Å². The van der Waals surface area contributed by atoms with Gasteiger partial charge >= 0.3 is 5.97 Å². The molecule has 0 aliphatic rings. The van der Waals surface area contributed by atoms with E-state index >= 15 is 0 Å². The molecule has 0 amide bonds. The molecule has 0 heterocycles. The van der Waals surface area contributed by atoms with Crippen molar-refractivity contribution < 1.29 is 27.8 Å². The third-order valence-corrected chi connectivity index (χ3v) is 5.84. The normalized spacial score (nSPS) is 11.4. The molecule has 8 nitrogen and oxygen atoms in total. The van der Waals surface area contributed by atoms with Crippen LogP contribution in [0, 0.1) is 5.92 Å². The van der Waals surface area contributed by atoms with Crippen LogP contribution in [0.15, 0.2) is 41.3 Å². The Hall–Kier alpha value is -2.78. The number of nitrogens with one attached hydrogen (secondary N) is 2. The quantitative estimate of drug-likeness (QED) is 0.496. The molecule has 30 heavy (non-hydrogen) atoms. The highest BCUT2D eigenvalue weighted by atomic mass is 32.2. The first-order valence-electron chi connectivity index (χ1n) is 9.49. The topological polar surface area (TPSA) is 114 Å². The molecule has 9 heteroatoms. The summed E-state index contributed by atoms with van der Waals surface area (Å²) in [6.45, 7) is 4.71. The molecular weight excluding hydrogens is 408 g/mol. The summed E-state index contributed by atoms with van der Waals surface area (Å²) in [6.07, 6.45) is 0.430. The minimum absolute atomic E-state index is 0.0848. The fourth-order valence-corrected chi connectivity index (χ4v) is 3.84. The van der Waals surface area contributed by atoms with E-state index in [1.54, 1.807) is 19.2 Å². The number of sulfonamides is 1. The van der Waals surface area contributed by atoms with Gasteiger partial charge in [0, 0.05) is 18.8 Å². The van der Waals surface area contributed by atoms with Crippen molar-refractivity contribution in [3.05, 3.63) is 47.5 Å². The van der Waals surface area contributed by atoms with Crippen molar-refractivity contribution in [3.8, 4) is 11.5 Å². The number of carboxylic acid groups (broad SMARTS) is 1. The molecule has 3 N–H and O–H groups in total. The number of rotatable bonds is 11. The lowest BCUT2D eigenvalue weighted by atomic mass is 10.1. The third kappa shape index (κ3) is 6.11. The van der Waals surface area contributed by atoms with Gasteiger partial charge < -0.3 is 19.9 Å². The maximum Gasteiger partial charge on any atom is 0.337 e. The van der Waals surface area contributed by atoms with Gasteiger partial charge in [-0.2, -0.15) is 0 Å². The maximum atomic E-state index is 12.6. The van der Waals surface area contributed by atoms with Gasteiger partial charge in [-0.25, -0.2) is 17.9 Å². The average Bonchev–Trinajstić information content (AvgIpc) is 2.71. The zero-order valence-electron chi connectivity index (χ0n) is 17.6. The molecule has 0 aromatic heterocycles. The van der Waals surface area contributed by atoms with Crippen LogP contribution in [-0.4, -0.2) is 46.8 Å². The van der Waals surface area contributed by atoms with Crippen LogP contribution in [0.4, 0.5) is 5.69 Å². The van der Waals surface area contributed by atoms with Gasteiger partial charge in [0.2, 0.25) is 10.0 Å². The molecule has 2 rings (SSSR count). The second-order valence-corrected chi connectivity index (χ2v) is 8.89. The average molecular weight is 437 g/mol. The van der Waals surface area contributed by atoms with Gasteiger partial charge in [-0.05, 0) is 48.2 Å². The van der Waals surface area contributed by atoms with Gasteiger partial charge in [0.1, 0.15) is 0 Å². The third-order valence-electron chi connectivity index (χ3n) is 4.39. The molecule has 2 aromatic rings. The first-order valence-corrected chi connectivity index (χ1v) is 11.0. The van der Waals surface area contributed by atoms with Crippen molar-refractivity contribution in [1.29, 1.82) is 0 Å². The first kappa shape index (κ1) is 23.5. The molecule has 0 aliphatic carbocycles. The maximum absolute atomic E-state index is 12.6. The van der Waals surface area contributed by atoms with Crippen molar-refractivity contribution >= 4 is 21.7 Å². The van der Waals surface area contributed by atoms with E-state index in [1.807, 2.05) is 19.9 Å². The van der Waals surface area contributed by atoms with Crippen LogP contribution in [0.3, 0.4) is 0 Å². The number of hydrogen-bond acceptors (Lipinski definition) is 6. The van der Waals surface area contributed by atoms with Gasteiger partial charge in [-0.15, -0.1) is 0 Å². The molecule has 0 saturated heterocycles. The lowest BCUT2D eigenvalue weighted by Crippen LogP contribution is -2.26. The van der Waals surface area contributed by atoms with E-state index in [2.05, 4.69) is 10.0 Å². The van der Waals surface area contributed by atoms with Crippen molar-refractivity contribution in [1.82, 2.24) is 4.72 Å². The Morgan fingerprint density at radius 2 is 1.77 bits per heavy atom. The molecule has 0 fully saturated rings. The summed E-state index contributed by atoms with van der Waals surface area (Å²) in [6, 6.07) is 9.41. The van der Waals surface area contributed by atoms with E-state index < -0.39 is 16.0 Å². The standard InChI is InChI=1S/C21H28N2O6S/c1-14(2)13-22-18-7-6-16(12-17(18)21(24)25)30(26,27)23-10-9-15-5-8-19(28-3)20(11-15)29-4/h5-8,11-12,14,22-23H,9-10,13H2,1-4H3,(H,24,25). The van der Waals surface area contributed by atoms with E-state index in [4.69, 9.17) is 9.47 Å².